The molecule has 57 heavy (non-hydrogen) atoms. The van der Waals surface area contributed by atoms with Crippen molar-refractivity contribution < 1.29 is 56.4 Å². The number of thiophene rings is 1. The number of carbonyl (C=O) groups excluding carboxylic acids is 1. The van der Waals surface area contributed by atoms with Crippen molar-refractivity contribution in [2.75, 3.05) is 25.3 Å². The van der Waals surface area contributed by atoms with E-state index >= 15 is 0 Å². The number of urea groups is 1. The van der Waals surface area contributed by atoms with Crippen LogP contribution in [0.15, 0.2) is 37.7 Å². The van der Waals surface area contributed by atoms with Crippen LogP contribution in [0.5, 0.6) is 11.8 Å². The molecule has 3 aromatic heterocycles. The molecule has 2 unspecified atom stereocenters. The number of nitrogens with zero attached hydrogens (tertiary/aromatic N) is 5. The first-order valence-corrected chi connectivity index (χ1v) is 21.5. The first-order chi connectivity index (χ1) is 26.1. The van der Waals surface area contributed by atoms with Crippen molar-refractivity contribution in [1.82, 2.24) is 29.5 Å². The smallest absolute Gasteiger partial charge is 0.442 e. The number of hydrogen-bond donors (Lipinski definition) is 6. The largest absolute Gasteiger partial charge is 0.489 e. The Kier molecular flexibility index (Phi) is 17.2. The highest BCUT2D eigenvalue weighted by atomic mass is 35.5. The molecule has 0 saturated heterocycles. The van der Waals surface area contributed by atoms with Gasteiger partial charge in [0.2, 0.25) is 11.8 Å². The lowest BCUT2D eigenvalue weighted by atomic mass is 9.97. The van der Waals surface area contributed by atoms with Crippen molar-refractivity contribution in [1.29, 1.82) is 0 Å². The molecular weight excluding hydrogens is 858 g/mol. The molecule has 0 spiro atoms. The van der Waals surface area contributed by atoms with Gasteiger partial charge in [-0.3, -0.25) is 14.7 Å². The third-order valence-corrected chi connectivity index (χ3v) is 10.5. The number of nitrogens with one attached hydrogen (secondary N) is 2. The molecule has 21 nitrogen and oxygen atoms in total. The number of amides is 2. The Morgan fingerprint density at radius 1 is 1.12 bits per heavy atom. The summed E-state index contributed by atoms with van der Waals surface area (Å²) in [7, 11) is -6.16. The van der Waals surface area contributed by atoms with E-state index in [0.717, 1.165) is 22.1 Å². The monoisotopic (exact) mass is 898 g/mol. The minimum absolute atomic E-state index is 0.0412. The van der Waals surface area contributed by atoms with Crippen molar-refractivity contribution >= 4 is 75.8 Å². The lowest BCUT2D eigenvalue weighted by Gasteiger charge is -2.13. The van der Waals surface area contributed by atoms with Crippen LogP contribution in [0.25, 0.3) is 5.69 Å². The minimum Gasteiger partial charge on any atom is -0.489 e. The number of aromatic nitrogens is 5. The highest BCUT2D eigenvalue weighted by molar-refractivity contribution is 7.90. The number of nitrogens with two attached hydrogens (primary N) is 1. The maximum absolute atomic E-state index is 12.1. The molecule has 26 heteroatoms. The Morgan fingerprint density at radius 2 is 1.75 bits per heavy atom. The van der Waals surface area contributed by atoms with Crippen molar-refractivity contribution in [3.05, 3.63) is 60.8 Å². The summed E-state index contributed by atoms with van der Waals surface area (Å²) in [4.78, 5) is 64.2. The number of benzene rings is 1. The van der Waals surface area contributed by atoms with Crippen molar-refractivity contribution in [3.63, 3.8) is 0 Å². The zero-order chi connectivity index (χ0) is 43.6. The van der Waals surface area contributed by atoms with E-state index < -0.39 is 56.9 Å². The number of carbonyl (C=O) groups is 3. The Bertz CT molecular complexity index is 2290. The number of rotatable bonds is 12. The molecule has 1 aromatic carbocycles. The van der Waals surface area contributed by atoms with Gasteiger partial charge < -0.3 is 34.7 Å². The molecule has 4 rings (SSSR count). The van der Waals surface area contributed by atoms with Gasteiger partial charge in [-0.2, -0.15) is 19.6 Å². The van der Waals surface area contributed by atoms with Crippen LogP contribution in [0.2, 0.25) is 10.0 Å². The number of aryl methyl sites for hydroxylation is 1. The highest BCUT2D eigenvalue weighted by Gasteiger charge is 2.27. The number of anilines is 1. The lowest BCUT2D eigenvalue weighted by Crippen LogP contribution is -2.35. The van der Waals surface area contributed by atoms with E-state index in [4.69, 9.17) is 57.9 Å². The predicted octanol–water partition coefficient (Wildman–Crippen LogP) is 4.36. The molecule has 0 bridgehead atoms. The molecule has 0 saturated carbocycles. The van der Waals surface area contributed by atoms with Gasteiger partial charge >= 0.3 is 29.7 Å². The summed E-state index contributed by atoms with van der Waals surface area (Å²) < 4.78 is 53.3. The molecule has 0 radical (unpaired) electrons. The van der Waals surface area contributed by atoms with Crippen LogP contribution in [0.1, 0.15) is 62.4 Å². The van der Waals surface area contributed by atoms with Gasteiger partial charge in [0.05, 0.1) is 28.9 Å². The summed E-state index contributed by atoms with van der Waals surface area (Å²) in [5.41, 5.74) is 5.07. The van der Waals surface area contributed by atoms with Gasteiger partial charge in [0.15, 0.2) is 7.37 Å². The topological polar surface area (TPSA) is 318 Å². The highest BCUT2D eigenvalue weighted by Crippen LogP contribution is 2.36. The summed E-state index contributed by atoms with van der Waals surface area (Å²) in [6, 6.07) is 1.93. The number of sulfonamides is 1. The molecule has 3 heterocycles. The normalized spacial score (nSPS) is 12.9. The number of aliphatic carboxylic acids is 1. The molecule has 4 aromatic rings. The summed E-state index contributed by atoms with van der Waals surface area (Å²) in [6.07, 6.45) is -0.0641. The van der Waals surface area contributed by atoms with Crippen LogP contribution >= 0.6 is 41.9 Å². The average molecular weight is 900 g/mol. The average Bonchev–Trinajstić information content (AvgIpc) is 3.73. The summed E-state index contributed by atoms with van der Waals surface area (Å²) in [5.74, 6) is -2.38. The summed E-state index contributed by atoms with van der Waals surface area (Å²) in [5, 5.41) is 25.5. The van der Waals surface area contributed by atoms with Crippen LogP contribution < -0.4 is 31.0 Å². The van der Waals surface area contributed by atoms with Gasteiger partial charge in [-0.05, 0) is 44.7 Å². The lowest BCUT2D eigenvalue weighted by molar-refractivity contribution is -0.138. The van der Waals surface area contributed by atoms with E-state index in [-0.39, 0.29) is 46.9 Å². The molecular formula is C31H41Cl2N8O13PS2. The Morgan fingerprint density at radius 3 is 2.26 bits per heavy atom. The maximum atomic E-state index is 12.1. The Labute approximate surface area is 340 Å². The molecule has 7 N–H and O–H groups in total. The predicted molar refractivity (Wildman–Crippen MR) is 209 cm³/mol. The van der Waals surface area contributed by atoms with Gasteiger partial charge in [-0.15, -0.1) is 16.4 Å². The van der Waals surface area contributed by atoms with Crippen LogP contribution in [-0.4, -0.2) is 98.3 Å². The molecule has 0 aliphatic rings. The van der Waals surface area contributed by atoms with Crippen molar-refractivity contribution in [2.45, 2.75) is 70.4 Å². The van der Waals surface area contributed by atoms with E-state index in [1.54, 1.807) is 10.8 Å². The summed E-state index contributed by atoms with van der Waals surface area (Å²) in [6.45, 7) is 12.2. The van der Waals surface area contributed by atoms with Crippen molar-refractivity contribution in [3.8, 4) is 17.4 Å². The molecule has 0 fully saturated rings. The number of methoxy groups -OCH3 is 1. The maximum Gasteiger partial charge on any atom is 0.442 e. The second-order valence-corrected chi connectivity index (χ2v) is 18.8. The Hall–Kier alpha value is -4.64. The van der Waals surface area contributed by atoms with Gasteiger partial charge in [0.1, 0.15) is 27.4 Å². The zero-order valence-corrected chi connectivity index (χ0v) is 35.7. The molecule has 2 atom stereocenters. The standard InChI is InChI=1S/C15H18Cl2N2O3.C11H11N5O6S2.C5H12NO4P/c1-8(2)21-12-7-11(9(16)6-10(12)17)19-14(20)22-13(18-19)15(3,4)5;1-5-12-9(15-11(13-5)22-2)14-10(19)16-24(20,21)6-3-4-23-7(6)8(17)18;1-11(9,10)3-2-4(6)5(7)8/h6-8H,1-5H3;3-4H,1-2H3,(H,17,18)(H2,12,13,14,15,16,19);4H,2-3,6H2,1H3,(H,7,8)(H,9,10). The SMILES string of the molecule is CC(C)Oc1cc(-n2nc(C(C)(C)C)oc2=O)c(Cl)cc1Cl.COc1nc(C)nc(NC(=O)NS(=O)(=O)c2ccsc2C(=O)O)n1.CP(=O)(O)CCC(N)C(=O)O. The van der Waals surface area contributed by atoms with Crippen molar-refractivity contribution in [2.24, 2.45) is 5.73 Å². The minimum atomic E-state index is -4.37. The number of hydrogen-bond acceptors (Lipinski definition) is 16. The fraction of sp³-hybridized carbons (Fsp3) is 0.419. The van der Waals surface area contributed by atoms with E-state index in [1.165, 1.54) is 32.1 Å². The first-order valence-electron chi connectivity index (χ1n) is 16.1. The van der Waals surface area contributed by atoms with Gasteiger partial charge in [-0.1, -0.05) is 44.0 Å². The Balaban J connectivity index is 0.000000316. The van der Waals surface area contributed by atoms with Crippen LogP contribution in [-0.2, 0) is 24.8 Å². The molecule has 314 valence electrons. The number of ether oxygens (including phenoxy) is 2. The zero-order valence-electron chi connectivity index (χ0n) is 31.6. The van der Waals surface area contributed by atoms with E-state index in [9.17, 15) is 32.2 Å². The van der Waals surface area contributed by atoms with E-state index in [1.807, 2.05) is 34.6 Å². The van der Waals surface area contributed by atoms with Gasteiger partial charge in [-0.25, -0.2) is 27.5 Å². The second-order valence-electron chi connectivity index (χ2n) is 12.9. The molecule has 0 aliphatic carbocycles. The fourth-order valence-corrected chi connectivity index (χ4v) is 7.27. The van der Waals surface area contributed by atoms with Crippen LogP contribution in [0.3, 0.4) is 0 Å². The number of aromatic carboxylic acids is 1. The fourth-order valence-electron chi connectivity index (χ4n) is 3.83. The van der Waals surface area contributed by atoms with E-state index in [2.05, 4.69) is 25.4 Å². The van der Waals surface area contributed by atoms with Crippen LogP contribution in [0.4, 0.5) is 10.7 Å². The van der Waals surface area contributed by atoms with E-state index in [0.29, 0.717) is 22.4 Å². The number of halogens is 2. The molecule has 0 aliphatic heterocycles. The summed E-state index contributed by atoms with van der Waals surface area (Å²) >= 11 is 13.0. The quantitative estimate of drug-likeness (QED) is 0.108. The second kappa shape index (κ2) is 20.2. The first kappa shape index (κ1) is 48.5. The van der Waals surface area contributed by atoms with Gasteiger partial charge in [0.25, 0.3) is 10.0 Å². The van der Waals surface area contributed by atoms with Crippen LogP contribution in [0, 0.1) is 6.92 Å². The van der Waals surface area contributed by atoms with Gasteiger partial charge in [0, 0.05) is 24.3 Å². The molecule has 2 amide bonds. The third-order valence-electron chi connectivity index (χ3n) is 6.43. The number of carboxylic acid groups (broad SMARTS) is 2. The third kappa shape index (κ3) is 15.3. The number of carboxylic acids is 2.